The predicted molar refractivity (Wildman–Crippen MR) is 64.8 cm³/mol. The van der Waals surface area contributed by atoms with Gasteiger partial charge in [-0.1, -0.05) is 0 Å². The number of hydrogen-bond acceptors (Lipinski definition) is 3. The van der Waals surface area contributed by atoms with Crippen molar-refractivity contribution < 1.29 is 23.8 Å². The van der Waals surface area contributed by atoms with E-state index in [1.165, 1.54) is 4.90 Å². The van der Waals surface area contributed by atoms with Crippen LogP contribution in [0.1, 0.15) is 10.4 Å². The lowest BCUT2D eigenvalue weighted by Gasteiger charge is -2.27. The number of nitrogens with zero attached hydrogens (tertiary/aromatic N) is 1. The number of carboxylic acids is 1. The van der Waals surface area contributed by atoms with E-state index in [2.05, 4.69) is 5.32 Å². The van der Waals surface area contributed by atoms with E-state index in [1.807, 2.05) is 0 Å². The highest BCUT2D eigenvalue weighted by Gasteiger charge is 2.18. The average molecular weight is 268 g/mol. The van der Waals surface area contributed by atoms with Crippen molar-refractivity contribution >= 4 is 17.7 Å². The van der Waals surface area contributed by atoms with E-state index in [-0.39, 0.29) is 11.3 Å². The van der Waals surface area contributed by atoms with Crippen molar-refractivity contribution in [1.82, 2.24) is 4.90 Å². The van der Waals surface area contributed by atoms with E-state index in [0.717, 1.165) is 18.2 Å². The van der Waals surface area contributed by atoms with Gasteiger partial charge in [-0.05, 0) is 18.2 Å². The van der Waals surface area contributed by atoms with Gasteiger partial charge >= 0.3 is 12.0 Å². The van der Waals surface area contributed by atoms with Gasteiger partial charge in [-0.15, -0.1) is 0 Å². The number of benzene rings is 1. The fourth-order valence-corrected chi connectivity index (χ4v) is 1.71. The Balaban J connectivity index is 2.11. The number of ether oxygens (including phenoxy) is 1. The topological polar surface area (TPSA) is 78.9 Å². The summed E-state index contributed by atoms with van der Waals surface area (Å²) in [6.07, 6.45) is 0. The first-order valence-electron chi connectivity index (χ1n) is 5.74. The maximum absolute atomic E-state index is 13.5. The SMILES string of the molecule is O=C(O)c1ccc(F)c(NC(=O)N2CCOCC2)c1. The molecule has 0 saturated carbocycles. The fraction of sp³-hybridized carbons (Fsp3) is 0.333. The van der Waals surface area contributed by atoms with Crippen LogP contribution in [-0.2, 0) is 4.74 Å². The van der Waals surface area contributed by atoms with Crippen molar-refractivity contribution in [3.05, 3.63) is 29.6 Å². The lowest BCUT2D eigenvalue weighted by Crippen LogP contribution is -2.43. The average Bonchev–Trinajstić information content (AvgIpc) is 2.42. The second kappa shape index (κ2) is 5.66. The van der Waals surface area contributed by atoms with Gasteiger partial charge in [0.1, 0.15) is 5.82 Å². The molecule has 0 atom stereocenters. The number of carbonyl (C=O) groups excluding carboxylic acids is 1. The Morgan fingerprint density at radius 2 is 2.00 bits per heavy atom. The number of amides is 2. The minimum absolute atomic E-state index is 0.0846. The number of carboxylic acid groups (broad SMARTS) is 1. The monoisotopic (exact) mass is 268 g/mol. The van der Waals surface area contributed by atoms with Crippen molar-refractivity contribution in [2.45, 2.75) is 0 Å². The summed E-state index contributed by atoms with van der Waals surface area (Å²) >= 11 is 0. The molecule has 1 fully saturated rings. The van der Waals surface area contributed by atoms with Gasteiger partial charge in [0.05, 0.1) is 24.5 Å². The van der Waals surface area contributed by atoms with E-state index in [4.69, 9.17) is 9.84 Å². The molecule has 1 aromatic carbocycles. The largest absolute Gasteiger partial charge is 0.478 e. The first kappa shape index (κ1) is 13.3. The van der Waals surface area contributed by atoms with Crippen LogP contribution in [0, 0.1) is 5.82 Å². The Morgan fingerprint density at radius 1 is 1.32 bits per heavy atom. The van der Waals surface area contributed by atoms with E-state index < -0.39 is 17.8 Å². The van der Waals surface area contributed by atoms with Crippen LogP contribution in [0.25, 0.3) is 0 Å². The van der Waals surface area contributed by atoms with Crippen LogP contribution in [0.15, 0.2) is 18.2 Å². The molecule has 2 N–H and O–H groups in total. The lowest BCUT2D eigenvalue weighted by molar-refractivity contribution is 0.0564. The standard InChI is InChI=1S/C12H13FN2O4/c13-9-2-1-8(11(16)17)7-10(9)14-12(18)15-3-5-19-6-4-15/h1-2,7H,3-6H2,(H,14,18)(H,16,17). The van der Waals surface area contributed by atoms with Crippen LogP contribution in [0.4, 0.5) is 14.9 Å². The third-order valence-corrected chi connectivity index (χ3v) is 2.75. The summed E-state index contributed by atoms with van der Waals surface area (Å²) in [6.45, 7) is 1.72. The highest BCUT2D eigenvalue weighted by molar-refractivity contribution is 5.93. The van der Waals surface area contributed by atoms with Crippen molar-refractivity contribution in [1.29, 1.82) is 0 Å². The van der Waals surface area contributed by atoms with Gasteiger partial charge in [0, 0.05) is 13.1 Å². The van der Waals surface area contributed by atoms with Crippen LogP contribution in [-0.4, -0.2) is 48.3 Å². The van der Waals surface area contributed by atoms with Crippen molar-refractivity contribution in [3.8, 4) is 0 Å². The van der Waals surface area contributed by atoms with E-state index >= 15 is 0 Å². The molecule has 1 heterocycles. The van der Waals surface area contributed by atoms with E-state index in [9.17, 15) is 14.0 Å². The normalized spacial score (nSPS) is 15.1. The van der Waals surface area contributed by atoms with Gasteiger partial charge < -0.3 is 20.1 Å². The number of aromatic carboxylic acids is 1. The Bertz CT molecular complexity index is 501. The molecule has 0 unspecified atom stereocenters. The molecule has 0 radical (unpaired) electrons. The fourth-order valence-electron chi connectivity index (χ4n) is 1.71. The molecule has 19 heavy (non-hydrogen) atoms. The molecule has 2 amide bonds. The molecule has 0 bridgehead atoms. The third kappa shape index (κ3) is 3.19. The summed E-state index contributed by atoms with van der Waals surface area (Å²) in [7, 11) is 0. The van der Waals surface area contributed by atoms with Gasteiger partial charge in [-0.3, -0.25) is 0 Å². The summed E-state index contributed by atoms with van der Waals surface area (Å²) in [4.78, 5) is 24.1. The highest BCUT2D eigenvalue weighted by Crippen LogP contribution is 2.17. The van der Waals surface area contributed by atoms with Gasteiger partial charge in [0.25, 0.3) is 0 Å². The molecule has 1 aromatic rings. The summed E-state index contributed by atoms with van der Waals surface area (Å²) < 4.78 is 18.6. The molecule has 1 aliphatic rings. The van der Waals surface area contributed by atoms with Gasteiger partial charge in [0.15, 0.2) is 0 Å². The number of hydrogen-bond donors (Lipinski definition) is 2. The molecule has 0 spiro atoms. The molecular formula is C12H13FN2O4. The van der Waals surface area contributed by atoms with Gasteiger partial charge in [-0.25, -0.2) is 14.0 Å². The molecule has 102 valence electrons. The molecule has 2 rings (SSSR count). The Labute approximate surface area is 108 Å². The first-order valence-corrected chi connectivity index (χ1v) is 5.74. The number of halogens is 1. The van der Waals surface area contributed by atoms with Crippen LogP contribution >= 0.6 is 0 Å². The number of urea groups is 1. The zero-order valence-corrected chi connectivity index (χ0v) is 10.1. The molecular weight excluding hydrogens is 255 g/mol. The smallest absolute Gasteiger partial charge is 0.335 e. The number of nitrogens with one attached hydrogen (secondary N) is 1. The quantitative estimate of drug-likeness (QED) is 0.849. The zero-order chi connectivity index (χ0) is 13.8. The number of morpholine rings is 1. The number of anilines is 1. The van der Waals surface area contributed by atoms with Gasteiger partial charge in [0.2, 0.25) is 0 Å². The van der Waals surface area contributed by atoms with Crippen LogP contribution in [0.3, 0.4) is 0 Å². The second-order valence-corrected chi connectivity index (χ2v) is 4.03. The highest BCUT2D eigenvalue weighted by atomic mass is 19.1. The van der Waals surface area contributed by atoms with Gasteiger partial charge in [-0.2, -0.15) is 0 Å². The zero-order valence-electron chi connectivity index (χ0n) is 10.1. The van der Waals surface area contributed by atoms with Crippen LogP contribution in [0.5, 0.6) is 0 Å². The minimum atomic E-state index is -1.18. The Hall–Kier alpha value is -2.15. The molecule has 7 heteroatoms. The molecule has 6 nitrogen and oxygen atoms in total. The van der Waals surface area contributed by atoms with Crippen LogP contribution < -0.4 is 5.32 Å². The third-order valence-electron chi connectivity index (χ3n) is 2.75. The number of rotatable bonds is 2. The molecule has 1 aliphatic heterocycles. The van der Waals surface area contributed by atoms with Crippen molar-refractivity contribution in [2.75, 3.05) is 31.6 Å². The molecule has 1 saturated heterocycles. The summed E-state index contributed by atoms with van der Waals surface area (Å²) in [6, 6.07) is 2.78. The molecule has 0 aliphatic carbocycles. The lowest BCUT2D eigenvalue weighted by atomic mass is 10.2. The summed E-state index contributed by atoms with van der Waals surface area (Å²) in [5.41, 5.74) is -0.227. The predicted octanol–water partition coefficient (Wildman–Crippen LogP) is 1.39. The second-order valence-electron chi connectivity index (χ2n) is 4.03. The number of carbonyl (C=O) groups is 2. The van der Waals surface area contributed by atoms with E-state index in [1.54, 1.807) is 0 Å². The Kier molecular flexibility index (Phi) is 3.96. The minimum Gasteiger partial charge on any atom is -0.478 e. The van der Waals surface area contributed by atoms with Crippen molar-refractivity contribution in [2.24, 2.45) is 0 Å². The summed E-state index contributed by atoms with van der Waals surface area (Å²) in [5.74, 6) is -1.85. The maximum Gasteiger partial charge on any atom is 0.335 e. The summed E-state index contributed by atoms with van der Waals surface area (Å²) in [5, 5.41) is 11.2. The van der Waals surface area contributed by atoms with Crippen molar-refractivity contribution in [3.63, 3.8) is 0 Å². The Morgan fingerprint density at radius 3 is 2.63 bits per heavy atom. The van der Waals surface area contributed by atoms with Crippen LogP contribution in [0.2, 0.25) is 0 Å². The molecule has 0 aromatic heterocycles. The maximum atomic E-state index is 13.5. The first-order chi connectivity index (χ1) is 9.08. The van der Waals surface area contributed by atoms with E-state index in [0.29, 0.717) is 26.3 Å².